The Labute approximate surface area is 146 Å². The number of hydrogen-bond donors (Lipinski definition) is 0. The van der Waals surface area contributed by atoms with E-state index in [1.807, 2.05) is 29.2 Å². The summed E-state index contributed by atoms with van der Waals surface area (Å²) in [5.74, 6) is 0.563. The molecule has 0 unspecified atom stereocenters. The molecule has 0 saturated carbocycles. The lowest BCUT2D eigenvalue weighted by atomic mass is 10.1. The summed E-state index contributed by atoms with van der Waals surface area (Å²) in [5, 5.41) is 0. The largest absolute Gasteiger partial charge is 0.467 e. The number of rotatable bonds is 4. The number of aromatic nitrogens is 1. The maximum absolute atomic E-state index is 13.0. The van der Waals surface area contributed by atoms with Crippen LogP contribution in [0.25, 0.3) is 0 Å². The van der Waals surface area contributed by atoms with E-state index in [1.165, 1.54) is 0 Å². The van der Waals surface area contributed by atoms with Crippen molar-refractivity contribution in [3.05, 3.63) is 54.2 Å². The van der Waals surface area contributed by atoms with Gasteiger partial charge in [-0.1, -0.05) is 6.07 Å². The van der Waals surface area contributed by atoms with E-state index in [1.54, 1.807) is 23.4 Å². The van der Waals surface area contributed by atoms with Crippen molar-refractivity contribution in [2.24, 2.45) is 5.92 Å². The third-order valence-corrected chi connectivity index (χ3v) is 5.06. The molecule has 2 aliphatic heterocycles. The van der Waals surface area contributed by atoms with Gasteiger partial charge in [0.05, 0.1) is 30.5 Å². The number of likely N-dealkylation sites (tertiary alicyclic amines) is 2. The lowest BCUT2D eigenvalue weighted by Crippen LogP contribution is -2.37. The number of carbonyl (C=O) groups is 2. The van der Waals surface area contributed by atoms with Crippen LogP contribution in [0.4, 0.5) is 0 Å². The summed E-state index contributed by atoms with van der Waals surface area (Å²) in [5.41, 5.74) is 0.935. The molecule has 130 valence electrons. The molecule has 4 rings (SSSR count). The van der Waals surface area contributed by atoms with Gasteiger partial charge >= 0.3 is 0 Å². The van der Waals surface area contributed by atoms with Gasteiger partial charge < -0.3 is 14.2 Å². The van der Waals surface area contributed by atoms with Gasteiger partial charge in [0.15, 0.2) is 0 Å². The first kappa shape index (κ1) is 15.9. The van der Waals surface area contributed by atoms with Crippen LogP contribution in [-0.2, 0) is 16.1 Å². The SMILES string of the molecule is O=C1C[C@@H](C(=O)N2CCC[C@@H]2c2ccccn2)CN1Cc1ccco1. The van der Waals surface area contributed by atoms with E-state index in [0.29, 0.717) is 13.1 Å². The van der Waals surface area contributed by atoms with Crippen molar-refractivity contribution in [2.75, 3.05) is 13.1 Å². The van der Waals surface area contributed by atoms with E-state index in [2.05, 4.69) is 4.98 Å². The molecule has 2 aromatic rings. The molecule has 0 aromatic carbocycles. The molecule has 2 atom stereocenters. The summed E-state index contributed by atoms with van der Waals surface area (Å²) < 4.78 is 5.32. The van der Waals surface area contributed by atoms with Crippen LogP contribution < -0.4 is 0 Å². The van der Waals surface area contributed by atoms with Gasteiger partial charge in [-0.3, -0.25) is 14.6 Å². The molecule has 25 heavy (non-hydrogen) atoms. The van der Waals surface area contributed by atoms with Gasteiger partial charge in [-0.15, -0.1) is 0 Å². The molecule has 4 heterocycles. The van der Waals surface area contributed by atoms with Crippen molar-refractivity contribution in [1.29, 1.82) is 0 Å². The Hall–Kier alpha value is -2.63. The topological polar surface area (TPSA) is 66.7 Å². The quantitative estimate of drug-likeness (QED) is 0.858. The molecule has 0 N–H and O–H groups in total. The molecule has 2 aromatic heterocycles. The van der Waals surface area contributed by atoms with E-state index < -0.39 is 0 Å². The Morgan fingerprint density at radius 2 is 2.20 bits per heavy atom. The molecular weight excluding hydrogens is 318 g/mol. The van der Waals surface area contributed by atoms with E-state index >= 15 is 0 Å². The summed E-state index contributed by atoms with van der Waals surface area (Å²) >= 11 is 0. The average Bonchev–Trinajstić information content (AvgIpc) is 3.37. The van der Waals surface area contributed by atoms with Crippen LogP contribution in [-0.4, -0.2) is 39.7 Å². The monoisotopic (exact) mass is 339 g/mol. The molecule has 2 aliphatic rings. The standard InChI is InChI=1S/C19H21N3O3/c23-18-11-14(12-21(18)13-15-5-4-10-25-15)19(24)22-9-3-7-17(22)16-6-1-2-8-20-16/h1-2,4-6,8,10,14,17H,3,7,9,11-13H2/t14-,17-/m1/s1. The number of hydrogen-bond acceptors (Lipinski definition) is 4. The molecule has 0 radical (unpaired) electrons. The zero-order valence-corrected chi connectivity index (χ0v) is 14.0. The minimum atomic E-state index is -0.272. The van der Waals surface area contributed by atoms with Gasteiger partial charge in [-0.2, -0.15) is 0 Å². The second-order valence-corrected chi connectivity index (χ2v) is 6.70. The molecule has 0 spiro atoms. The fourth-order valence-electron chi connectivity index (χ4n) is 3.83. The third-order valence-electron chi connectivity index (χ3n) is 5.06. The summed E-state index contributed by atoms with van der Waals surface area (Å²) in [6.45, 7) is 1.63. The van der Waals surface area contributed by atoms with E-state index in [0.717, 1.165) is 30.8 Å². The van der Waals surface area contributed by atoms with Crippen molar-refractivity contribution >= 4 is 11.8 Å². The van der Waals surface area contributed by atoms with Gasteiger partial charge in [0.2, 0.25) is 11.8 Å². The zero-order valence-electron chi connectivity index (χ0n) is 14.0. The van der Waals surface area contributed by atoms with Crippen molar-refractivity contribution in [2.45, 2.75) is 31.8 Å². The average molecular weight is 339 g/mol. The van der Waals surface area contributed by atoms with Crippen LogP contribution in [0.15, 0.2) is 47.2 Å². The molecule has 6 heteroatoms. The molecule has 0 aliphatic carbocycles. The first-order chi connectivity index (χ1) is 12.2. The van der Waals surface area contributed by atoms with Crippen LogP contribution in [0.5, 0.6) is 0 Å². The first-order valence-corrected chi connectivity index (χ1v) is 8.74. The predicted molar refractivity (Wildman–Crippen MR) is 90.2 cm³/mol. The molecule has 2 fully saturated rings. The van der Waals surface area contributed by atoms with Crippen molar-refractivity contribution in [3.8, 4) is 0 Å². The number of amides is 2. The van der Waals surface area contributed by atoms with Crippen molar-refractivity contribution in [3.63, 3.8) is 0 Å². The van der Waals surface area contributed by atoms with Gasteiger partial charge in [0, 0.05) is 25.7 Å². The summed E-state index contributed by atoms with van der Waals surface area (Å²) in [4.78, 5) is 33.3. The maximum Gasteiger partial charge on any atom is 0.228 e. The van der Waals surface area contributed by atoms with Crippen LogP contribution in [0.3, 0.4) is 0 Å². The van der Waals surface area contributed by atoms with Gasteiger partial charge in [-0.25, -0.2) is 0 Å². The van der Waals surface area contributed by atoms with Crippen LogP contribution in [0.1, 0.15) is 36.8 Å². The molecule has 0 bridgehead atoms. The minimum absolute atomic E-state index is 0.0170. The van der Waals surface area contributed by atoms with Gasteiger partial charge in [0.1, 0.15) is 5.76 Å². The number of nitrogens with zero attached hydrogens (tertiary/aromatic N) is 3. The second kappa shape index (κ2) is 6.70. The van der Waals surface area contributed by atoms with E-state index in [4.69, 9.17) is 4.42 Å². The smallest absolute Gasteiger partial charge is 0.228 e. The number of furan rings is 1. The van der Waals surface area contributed by atoms with Crippen LogP contribution >= 0.6 is 0 Å². The summed E-state index contributed by atoms with van der Waals surface area (Å²) in [6, 6.07) is 9.49. The highest BCUT2D eigenvalue weighted by atomic mass is 16.3. The van der Waals surface area contributed by atoms with Gasteiger partial charge in [-0.05, 0) is 37.1 Å². The van der Waals surface area contributed by atoms with E-state index in [-0.39, 0.29) is 30.2 Å². The van der Waals surface area contributed by atoms with Crippen molar-refractivity contribution in [1.82, 2.24) is 14.8 Å². The Morgan fingerprint density at radius 3 is 2.96 bits per heavy atom. The Bertz CT molecular complexity index is 745. The van der Waals surface area contributed by atoms with Crippen LogP contribution in [0.2, 0.25) is 0 Å². The van der Waals surface area contributed by atoms with Gasteiger partial charge in [0.25, 0.3) is 0 Å². The highest BCUT2D eigenvalue weighted by Gasteiger charge is 2.40. The highest BCUT2D eigenvalue weighted by molar-refractivity contribution is 5.89. The number of pyridine rings is 1. The molecular formula is C19H21N3O3. The normalized spacial score (nSPS) is 23.4. The zero-order chi connectivity index (χ0) is 17.2. The Balaban J connectivity index is 1.45. The minimum Gasteiger partial charge on any atom is -0.467 e. The fourth-order valence-corrected chi connectivity index (χ4v) is 3.83. The molecule has 2 saturated heterocycles. The number of carbonyl (C=O) groups excluding carboxylic acids is 2. The lowest BCUT2D eigenvalue weighted by molar-refractivity contribution is -0.136. The maximum atomic E-state index is 13.0. The third kappa shape index (κ3) is 3.16. The van der Waals surface area contributed by atoms with Crippen LogP contribution in [0, 0.1) is 5.92 Å². The summed E-state index contributed by atoms with van der Waals surface area (Å²) in [7, 11) is 0. The predicted octanol–water partition coefficient (Wildman–Crippen LogP) is 2.39. The lowest BCUT2D eigenvalue weighted by Gasteiger charge is -2.27. The second-order valence-electron chi connectivity index (χ2n) is 6.70. The Morgan fingerprint density at radius 1 is 1.28 bits per heavy atom. The molecule has 6 nitrogen and oxygen atoms in total. The fraction of sp³-hybridized carbons (Fsp3) is 0.421. The van der Waals surface area contributed by atoms with Crippen molar-refractivity contribution < 1.29 is 14.0 Å². The first-order valence-electron chi connectivity index (χ1n) is 8.74. The Kier molecular flexibility index (Phi) is 4.26. The van der Waals surface area contributed by atoms with E-state index in [9.17, 15) is 9.59 Å². The molecule has 2 amide bonds. The summed E-state index contributed by atoms with van der Waals surface area (Å²) in [6.07, 6.45) is 5.55. The highest BCUT2D eigenvalue weighted by Crippen LogP contribution is 2.33.